The Balaban J connectivity index is 1.97. The summed E-state index contributed by atoms with van der Waals surface area (Å²) in [6, 6.07) is 0. The van der Waals surface area contributed by atoms with Crippen LogP contribution in [-0.4, -0.2) is 49.5 Å². The van der Waals surface area contributed by atoms with Crippen LogP contribution < -0.4 is 10.2 Å². The van der Waals surface area contributed by atoms with Crippen LogP contribution in [0.5, 0.6) is 0 Å². The Kier molecular flexibility index (Phi) is 5.24. The fourth-order valence-corrected chi connectivity index (χ4v) is 3.71. The van der Waals surface area contributed by atoms with Gasteiger partial charge in [-0.15, -0.1) is 11.3 Å². The molecule has 1 aliphatic heterocycles. The Morgan fingerprint density at radius 2 is 2.00 bits per heavy atom. The van der Waals surface area contributed by atoms with Gasteiger partial charge in [0.15, 0.2) is 5.13 Å². The number of nitrogens with one attached hydrogen (secondary N) is 1. The van der Waals surface area contributed by atoms with E-state index in [9.17, 15) is 0 Å². The van der Waals surface area contributed by atoms with Crippen LogP contribution >= 0.6 is 11.3 Å². The van der Waals surface area contributed by atoms with E-state index in [1.807, 2.05) is 6.20 Å². The van der Waals surface area contributed by atoms with Crippen molar-refractivity contribution in [2.75, 3.05) is 38.3 Å². The second kappa shape index (κ2) is 6.60. The summed E-state index contributed by atoms with van der Waals surface area (Å²) in [7, 11) is 1.72. The van der Waals surface area contributed by atoms with Gasteiger partial charge >= 0.3 is 0 Å². The van der Waals surface area contributed by atoms with Gasteiger partial charge in [-0.25, -0.2) is 4.98 Å². The molecule has 1 aliphatic rings. The molecule has 1 aromatic heterocycles. The van der Waals surface area contributed by atoms with Crippen LogP contribution in [0.3, 0.4) is 0 Å². The molecule has 2 heterocycles. The van der Waals surface area contributed by atoms with Gasteiger partial charge in [0.2, 0.25) is 0 Å². The molecule has 0 unspecified atom stereocenters. The number of hydrogen-bond acceptors (Lipinski definition) is 6. The number of nitrogens with zero attached hydrogens (tertiary/aromatic N) is 2. The maximum Gasteiger partial charge on any atom is 0.185 e. The van der Waals surface area contributed by atoms with Gasteiger partial charge in [0.05, 0.1) is 17.8 Å². The molecule has 1 N–H and O–H groups in total. The van der Waals surface area contributed by atoms with E-state index in [0.29, 0.717) is 0 Å². The van der Waals surface area contributed by atoms with Crippen LogP contribution in [0.25, 0.3) is 0 Å². The molecule has 2 rings (SSSR count). The Morgan fingerprint density at radius 1 is 1.33 bits per heavy atom. The average Bonchev–Trinajstić information content (AvgIpc) is 2.79. The molecular weight excluding hydrogens is 286 g/mol. The summed E-state index contributed by atoms with van der Waals surface area (Å²) in [5.41, 5.74) is -0.297. The normalized spacial score (nSPS) is 20.7. The number of thiazole rings is 1. The maximum atomic E-state index is 6.12. The van der Waals surface area contributed by atoms with Gasteiger partial charge in [0.1, 0.15) is 0 Å². The smallest absolute Gasteiger partial charge is 0.185 e. The van der Waals surface area contributed by atoms with Gasteiger partial charge in [-0.1, -0.05) is 0 Å². The largest absolute Gasteiger partial charge is 0.383 e. The molecule has 0 saturated carbocycles. The minimum Gasteiger partial charge on any atom is -0.383 e. The number of morpholine rings is 1. The van der Waals surface area contributed by atoms with E-state index < -0.39 is 0 Å². The van der Waals surface area contributed by atoms with Gasteiger partial charge in [0, 0.05) is 44.4 Å². The molecule has 0 aromatic carbocycles. The third-order valence-corrected chi connectivity index (χ3v) is 4.35. The van der Waals surface area contributed by atoms with Gasteiger partial charge in [-0.3, -0.25) is 0 Å². The fourth-order valence-electron chi connectivity index (χ4n) is 2.83. The van der Waals surface area contributed by atoms with E-state index in [0.717, 1.165) is 37.9 Å². The highest BCUT2D eigenvalue weighted by atomic mass is 32.1. The third kappa shape index (κ3) is 4.92. The highest BCUT2D eigenvalue weighted by Crippen LogP contribution is 2.33. The summed E-state index contributed by atoms with van der Waals surface area (Å²) < 4.78 is 11.1. The van der Waals surface area contributed by atoms with Crippen molar-refractivity contribution >= 4 is 16.5 Å². The highest BCUT2D eigenvalue weighted by molar-refractivity contribution is 7.15. The van der Waals surface area contributed by atoms with Crippen molar-refractivity contribution in [2.24, 2.45) is 0 Å². The Hall–Kier alpha value is -0.690. The second-order valence-electron chi connectivity index (χ2n) is 6.76. The first kappa shape index (κ1) is 16.7. The summed E-state index contributed by atoms with van der Waals surface area (Å²) in [4.78, 5) is 8.18. The number of ether oxygens (including phenoxy) is 2. The topological polar surface area (TPSA) is 46.6 Å². The van der Waals surface area contributed by atoms with Crippen molar-refractivity contribution in [3.8, 4) is 0 Å². The zero-order valence-corrected chi connectivity index (χ0v) is 14.5. The molecule has 1 fully saturated rings. The Morgan fingerprint density at radius 3 is 2.62 bits per heavy atom. The molecule has 21 heavy (non-hydrogen) atoms. The first-order valence-corrected chi connectivity index (χ1v) is 8.22. The lowest BCUT2D eigenvalue weighted by atomic mass is 9.99. The lowest BCUT2D eigenvalue weighted by Crippen LogP contribution is -2.57. The quantitative estimate of drug-likeness (QED) is 0.816. The molecule has 6 heteroatoms. The summed E-state index contributed by atoms with van der Waals surface area (Å²) in [6.07, 6.45) is 1.97. The van der Waals surface area contributed by atoms with Gasteiger partial charge in [-0.2, -0.15) is 0 Å². The van der Waals surface area contributed by atoms with E-state index in [2.05, 4.69) is 42.9 Å². The first-order chi connectivity index (χ1) is 9.81. The van der Waals surface area contributed by atoms with Crippen LogP contribution in [0.2, 0.25) is 0 Å². The van der Waals surface area contributed by atoms with Crippen LogP contribution in [0, 0.1) is 0 Å². The highest BCUT2D eigenvalue weighted by Gasteiger charge is 2.39. The molecule has 1 aromatic rings. The monoisotopic (exact) mass is 313 g/mol. The first-order valence-electron chi connectivity index (χ1n) is 7.41. The lowest BCUT2D eigenvalue weighted by Gasteiger charge is -2.47. The van der Waals surface area contributed by atoms with Crippen molar-refractivity contribution in [1.29, 1.82) is 0 Å². The third-order valence-electron chi connectivity index (χ3n) is 3.29. The minimum atomic E-state index is -0.149. The van der Waals surface area contributed by atoms with E-state index in [1.165, 1.54) is 4.88 Å². The van der Waals surface area contributed by atoms with E-state index in [-0.39, 0.29) is 11.2 Å². The van der Waals surface area contributed by atoms with E-state index >= 15 is 0 Å². The average molecular weight is 313 g/mol. The molecule has 5 nitrogen and oxygen atoms in total. The molecule has 0 bridgehead atoms. The van der Waals surface area contributed by atoms with Gasteiger partial charge < -0.3 is 19.7 Å². The van der Waals surface area contributed by atoms with Crippen molar-refractivity contribution < 1.29 is 9.47 Å². The van der Waals surface area contributed by atoms with Gasteiger partial charge in [-0.05, 0) is 27.7 Å². The molecular formula is C15H27N3O2S. The van der Waals surface area contributed by atoms with Crippen molar-refractivity contribution in [1.82, 2.24) is 10.3 Å². The molecule has 0 radical (unpaired) electrons. The Bertz CT molecular complexity index is 444. The van der Waals surface area contributed by atoms with Crippen LogP contribution in [0.1, 0.15) is 32.6 Å². The molecule has 1 saturated heterocycles. The lowest BCUT2D eigenvalue weighted by molar-refractivity contribution is -0.133. The summed E-state index contributed by atoms with van der Waals surface area (Å²) >= 11 is 1.75. The summed E-state index contributed by atoms with van der Waals surface area (Å²) in [5.74, 6) is 0. The van der Waals surface area contributed by atoms with Crippen molar-refractivity contribution in [3.05, 3.63) is 11.1 Å². The summed E-state index contributed by atoms with van der Waals surface area (Å²) in [6.45, 7) is 12.8. The molecule has 120 valence electrons. The SMILES string of the molecule is COCCNCc1cnc(N2CC(C)(C)OC(C)(C)C2)s1. The molecule has 0 aliphatic carbocycles. The van der Waals surface area contributed by atoms with Crippen molar-refractivity contribution in [3.63, 3.8) is 0 Å². The number of aromatic nitrogens is 1. The zero-order valence-electron chi connectivity index (χ0n) is 13.7. The van der Waals surface area contributed by atoms with Crippen LogP contribution in [-0.2, 0) is 16.0 Å². The van der Waals surface area contributed by atoms with E-state index in [4.69, 9.17) is 9.47 Å². The van der Waals surface area contributed by atoms with Gasteiger partial charge in [0.25, 0.3) is 0 Å². The van der Waals surface area contributed by atoms with Crippen LogP contribution in [0.4, 0.5) is 5.13 Å². The molecule has 0 spiro atoms. The Labute approximate surface area is 131 Å². The fraction of sp³-hybridized carbons (Fsp3) is 0.800. The van der Waals surface area contributed by atoms with Crippen LogP contribution in [0.15, 0.2) is 6.20 Å². The molecule has 0 atom stereocenters. The number of anilines is 1. The number of hydrogen-bond donors (Lipinski definition) is 1. The second-order valence-corrected chi connectivity index (χ2v) is 7.85. The van der Waals surface area contributed by atoms with E-state index in [1.54, 1.807) is 18.4 Å². The predicted octanol–water partition coefficient (Wildman–Crippen LogP) is 2.27. The summed E-state index contributed by atoms with van der Waals surface area (Å²) in [5, 5.41) is 4.44. The minimum absolute atomic E-state index is 0.149. The molecule has 0 amide bonds. The maximum absolute atomic E-state index is 6.12. The van der Waals surface area contributed by atoms with Crippen molar-refractivity contribution in [2.45, 2.75) is 45.4 Å². The zero-order chi connectivity index (χ0) is 15.5. The predicted molar refractivity (Wildman–Crippen MR) is 87.2 cm³/mol. The number of rotatable bonds is 6. The standard InChI is InChI=1S/C15H27N3O2S/c1-14(2)10-18(11-15(3,4)20-14)13-17-9-12(21-13)8-16-6-7-19-5/h9,16H,6-8,10-11H2,1-5H3. The number of methoxy groups -OCH3 is 1.